The number of nitrogens with one attached hydrogen (secondary N) is 1. The molecule has 2 aliphatic heterocycles. The van der Waals surface area contributed by atoms with Gasteiger partial charge in [0.1, 0.15) is 11.5 Å². The topological polar surface area (TPSA) is 87.1 Å². The van der Waals surface area contributed by atoms with Crippen molar-refractivity contribution in [3.63, 3.8) is 0 Å². The normalized spacial score (nSPS) is 19.5. The summed E-state index contributed by atoms with van der Waals surface area (Å²) in [6, 6.07) is 6.04. The van der Waals surface area contributed by atoms with Crippen molar-refractivity contribution in [2.75, 3.05) is 69.4 Å². The van der Waals surface area contributed by atoms with Crippen LogP contribution in [0.5, 0.6) is 11.5 Å². The van der Waals surface area contributed by atoms with E-state index in [1.165, 1.54) is 0 Å². The molecule has 1 unspecified atom stereocenters. The SMILES string of the molecule is CCOc1cc(N2CCOCC2)c(OCC)cc1NC(=O)C1CCCN(CCC#N)C1. The first-order valence-corrected chi connectivity index (χ1v) is 11.3. The van der Waals surface area contributed by atoms with E-state index in [1.807, 2.05) is 26.0 Å². The highest BCUT2D eigenvalue weighted by molar-refractivity contribution is 5.95. The van der Waals surface area contributed by atoms with Crippen molar-refractivity contribution >= 4 is 17.3 Å². The Bertz CT molecular complexity index is 774. The molecule has 1 amide bonds. The Hall–Kier alpha value is -2.50. The summed E-state index contributed by atoms with van der Waals surface area (Å²) in [5, 5.41) is 11.9. The predicted octanol–water partition coefficient (Wildman–Crippen LogP) is 2.88. The highest BCUT2D eigenvalue weighted by atomic mass is 16.5. The van der Waals surface area contributed by atoms with Crippen LogP contribution in [-0.2, 0) is 9.53 Å². The van der Waals surface area contributed by atoms with Crippen molar-refractivity contribution < 1.29 is 19.0 Å². The number of hydrogen-bond acceptors (Lipinski definition) is 7. The number of likely N-dealkylation sites (tertiary alicyclic amines) is 1. The summed E-state index contributed by atoms with van der Waals surface area (Å²) >= 11 is 0. The van der Waals surface area contributed by atoms with Gasteiger partial charge in [0, 0.05) is 44.7 Å². The van der Waals surface area contributed by atoms with E-state index in [-0.39, 0.29) is 11.8 Å². The number of amides is 1. The van der Waals surface area contributed by atoms with Crippen LogP contribution in [0.25, 0.3) is 0 Å². The van der Waals surface area contributed by atoms with E-state index in [4.69, 9.17) is 19.5 Å². The summed E-state index contributed by atoms with van der Waals surface area (Å²) < 4.78 is 17.3. The second kappa shape index (κ2) is 11.8. The van der Waals surface area contributed by atoms with Crippen LogP contribution in [0.2, 0.25) is 0 Å². The maximum Gasteiger partial charge on any atom is 0.228 e. The molecular weight excluding hydrogens is 396 g/mol. The zero-order chi connectivity index (χ0) is 22.1. The highest BCUT2D eigenvalue weighted by Crippen LogP contribution is 2.39. The molecule has 1 atom stereocenters. The molecule has 31 heavy (non-hydrogen) atoms. The lowest BCUT2D eigenvalue weighted by Crippen LogP contribution is -2.41. The highest BCUT2D eigenvalue weighted by Gasteiger charge is 2.27. The lowest BCUT2D eigenvalue weighted by Gasteiger charge is -2.32. The number of piperidine rings is 1. The minimum absolute atomic E-state index is 0.0100. The van der Waals surface area contributed by atoms with Gasteiger partial charge in [0.15, 0.2) is 0 Å². The number of carbonyl (C=O) groups excluding carboxylic acids is 1. The molecule has 0 saturated carbocycles. The van der Waals surface area contributed by atoms with Gasteiger partial charge in [-0.15, -0.1) is 0 Å². The number of nitriles is 1. The van der Waals surface area contributed by atoms with Crippen LogP contribution >= 0.6 is 0 Å². The summed E-state index contributed by atoms with van der Waals surface area (Å²) in [6.45, 7) is 10.2. The first kappa shape index (κ1) is 23.2. The fourth-order valence-corrected chi connectivity index (χ4v) is 4.16. The molecule has 8 heteroatoms. The van der Waals surface area contributed by atoms with Gasteiger partial charge in [-0.2, -0.15) is 5.26 Å². The number of anilines is 2. The van der Waals surface area contributed by atoms with Crippen molar-refractivity contribution in [1.29, 1.82) is 5.26 Å². The Morgan fingerprint density at radius 3 is 2.65 bits per heavy atom. The van der Waals surface area contributed by atoms with Crippen molar-refractivity contribution in [2.24, 2.45) is 5.92 Å². The molecule has 3 rings (SSSR count). The average Bonchev–Trinajstić information content (AvgIpc) is 2.80. The molecule has 0 aliphatic carbocycles. The maximum atomic E-state index is 13.1. The zero-order valence-electron chi connectivity index (χ0n) is 18.7. The molecule has 1 aromatic carbocycles. The van der Waals surface area contributed by atoms with Crippen LogP contribution in [0.1, 0.15) is 33.1 Å². The molecule has 2 fully saturated rings. The summed E-state index contributed by atoms with van der Waals surface area (Å²) in [4.78, 5) is 17.5. The molecule has 1 aromatic rings. The number of morpholine rings is 1. The zero-order valence-corrected chi connectivity index (χ0v) is 18.7. The molecule has 0 spiro atoms. The van der Waals surface area contributed by atoms with E-state index in [0.717, 1.165) is 43.9 Å². The lowest BCUT2D eigenvalue weighted by atomic mass is 9.97. The van der Waals surface area contributed by atoms with Gasteiger partial charge in [-0.3, -0.25) is 4.79 Å². The average molecular weight is 431 g/mol. The summed E-state index contributed by atoms with van der Waals surface area (Å²) in [5.41, 5.74) is 1.61. The standard InChI is InChI=1S/C23H34N4O4/c1-3-30-21-16-20(27-11-13-29-14-12-27)22(31-4-2)15-19(21)25-23(28)18-7-5-9-26(17-18)10-6-8-24/h15-16,18H,3-7,9-14,17H2,1-2H3,(H,25,28). The summed E-state index contributed by atoms with van der Waals surface area (Å²) in [7, 11) is 0. The third kappa shape index (κ3) is 6.25. The summed E-state index contributed by atoms with van der Waals surface area (Å²) in [5.74, 6) is 1.28. The number of ether oxygens (including phenoxy) is 3. The van der Waals surface area contributed by atoms with Crippen LogP contribution in [0, 0.1) is 17.2 Å². The molecule has 170 valence electrons. The van der Waals surface area contributed by atoms with Gasteiger partial charge >= 0.3 is 0 Å². The van der Waals surface area contributed by atoms with Crippen molar-refractivity contribution in [3.05, 3.63) is 12.1 Å². The van der Waals surface area contributed by atoms with Crippen molar-refractivity contribution in [3.8, 4) is 17.6 Å². The Labute approximate surface area is 185 Å². The van der Waals surface area contributed by atoms with Crippen LogP contribution in [0.15, 0.2) is 12.1 Å². The maximum absolute atomic E-state index is 13.1. The molecule has 1 N–H and O–H groups in total. The number of benzene rings is 1. The first-order valence-electron chi connectivity index (χ1n) is 11.3. The van der Waals surface area contributed by atoms with Gasteiger partial charge in [-0.25, -0.2) is 0 Å². The van der Waals surface area contributed by atoms with Gasteiger partial charge in [-0.05, 0) is 33.2 Å². The minimum Gasteiger partial charge on any atom is -0.492 e. The number of nitrogens with zero attached hydrogens (tertiary/aromatic N) is 3. The molecule has 0 bridgehead atoms. The third-order valence-electron chi connectivity index (χ3n) is 5.69. The fourth-order valence-electron chi connectivity index (χ4n) is 4.16. The fraction of sp³-hybridized carbons (Fsp3) is 0.652. The molecular formula is C23H34N4O4. The van der Waals surface area contributed by atoms with E-state index in [9.17, 15) is 4.79 Å². The van der Waals surface area contributed by atoms with Gasteiger partial charge < -0.3 is 29.3 Å². The van der Waals surface area contributed by atoms with Gasteiger partial charge in [0.05, 0.1) is 49.8 Å². The molecule has 8 nitrogen and oxygen atoms in total. The van der Waals surface area contributed by atoms with E-state index in [0.29, 0.717) is 57.4 Å². The predicted molar refractivity (Wildman–Crippen MR) is 120 cm³/mol. The van der Waals surface area contributed by atoms with E-state index >= 15 is 0 Å². The Morgan fingerprint density at radius 1 is 1.19 bits per heavy atom. The van der Waals surface area contributed by atoms with E-state index in [1.54, 1.807) is 0 Å². The van der Waals surface area contributed by atoms with Crippen molar-refractivity contribution in [2.45, 2.75) is 33.1 Å². The minimum atomic E-state index is -0.101. The van der Waals surface area contributed by atoms with Crippen molar-refractivity contribution in [1.82, 2.24) is 4.90 Å². The van der Waals surface area contributed by atoms with E-state index < -0.39 is 0 Å². The Morgan fingerprint density at radius 2 is 1.94 bits per heavy atom. The quantitative estimate of drug-likeness (QED) is 0.645. The van der Waals surface area contributed by atoms with Crippen LogP contribution in [-0.4, -0.2) is 70.0 Å². The van der Waals surface area contributed by atoms with Gasteiger partial charge in [-0.1, -0.05) is 0 Å². The monoisotopic (exact) mass is 430 g/mol. The second-order valence-corrected chi connectivity index (χ2v) is 7.82. The number of carbonyl (C=O) groups is 1. The van der Waals surface area contributed by atoms with Gasteiger partial charge in [0.2, 0.25) is 5.91 Å². The summed E-state index contributed by atoms with van der Waals surface area (Å²) in [6.07, 6.45) is 2.30. The lowest BCUT2D eigenvalue weighted by molar-refractivity contribution is -0.121. The van der Waals surface area contributed by atoms with Gasteiger partial charge in [0.25, 0.3) is 0 Å². The molecule has 2 saturated heterocycles. The van der Waals surface area contributed by atoms with Crippen LogP contribution < -0.4 is 19.7 Å². The largest absolute Gasteiger partial charge is 0.492 e. The van der Waals surface area contributed by atoms with E-state index in [2.05, 4.69) is 21.2 Å². The first-order chi connectivity index (χ1) is 15.2. The molecule has 0 radical (unpaired) electrons. The third-order valence-corrected chi connectivity index (χ3v) is 5.69. The number of rotatable bonds is 9. The Balaban J connectivity index is 1.79. The molecule has 2 heterocycles. The number of hydrogen-bond donors (Lipinski definition) is 1. The molecule has 2 aliphatic rings. The molecule has 0 aromatic heterocycles. The smallest absolute Gasteiger partial charge is 0.228 e. The second-order valence-electron chi connectivity index (χ2n) is 7.82. The van der Waals surface area contributed by atoms with Crippen LogP contribution in [0.3, 0.4) is 0 Å². The van der Waals surface area contributed by atoms with Crippen LogP contribution in [0.4, 0.5) is 11.4 Å². The Kier molecular flexibility index (Phi) is 8.80.